The van der Waals surface area contributed by atoms with E-state index < -0.39 is 0 Å². The van der Waals surface area contributed by atoms with Gasteiger partial charge in [0, 0.05) is 24.2 Å². The molecule has 0 radical (unpaired) electrons. The number of nitrogens with zero attached hydrogens (tertiary/aromatic N) is 4. The highest BCUT2D eigenvalue weighted by molar-refractivity contribution is 6.32. The van der Waals surface area contributed by atoms with Crippen LogP contribution in [-0.2, 0) is 61.0 Å². The Morgan fingerprint density at radius 1 is 0.629 bits per heavy atom. The van der Waals surface area contributed by atoms with Crippen molar-refractivity contribution in [1.82, 2.24) is 19.9 Å². The molecule has 2 aromatic heterocycles. The second kappa shape index (κ2) is 26.7. The molecule has 6 N–H and O–H groups in total. The van der Waals surface area contributed by atoms with Gasteiger partial charge >= 0.3 is 0 Å². The SMILES string of the molecule is C.C.CC(=O)c1cccc(Cc2ncc(Cl)c(CCc3ccccc3CC(N)=O)n2)c1.CCc1cccc(C(C)N)c1.NC(=O)Cc1ccccc1CCc1nc(Cl)ncc1Cl. The molecular weight excluding hydrogens is 841 g/mol. The number of hydrogen-bond acceptors (Lipinski definition) is 8. The first-order valence-electron chi connectivity index (χ1n) is 19.5. The van der Waals surface area contributed by atoms with Gasteiger partial charge in [-0.2, -0.15) is 0 Å². The second-order valence-electron chi connectivity index (χ2n) is 14.2. The minimum atomic E-state index is -0.354. The highest BCUT2D eigenvalue weighted by atomic mass is 35.5. The van der Waals surface area contributed by atoms with Crippen LogP contribution in [0.25, 0.3) is 0 Å². The molecule has 6 aromatic rings. The van der Waals surface area contributed by atoms with E-state index in [-0.39, 0.29) is 56.6 Å². The van der Waals surface area contributed by atoms with E-state index in [1.54, 1.807) is 19.2 Å². The van der Waals surface area contributed by atoms with E-state index in [1.807, 2.05) is 73.7 Å². The van der Waals surface area contributed by atoms with Crippen molar-refractivity contribution >= 4 is 52.4 Å². The van der Waals surface area contributed by atoms with Crippen molar-refractivity contribution < 1.29 is 14.4 Å². The number of hydrogen-bond donors (Lipinski definition) is 3. The molecule has 0 spiro atoms. The Morgan fingerprint density at radius 3 is 1.65 bits per heavy atom. The minimum Gasteiger partial charge on any atom is -0.369 e. The van der Waals surface area contributed by atoms with Crippen LogP contribution in [0.1, 0.15) is 108 Å². The minimum absolute atomic E-state index is 0. The molecule has 10 nitrogen and oxygen atoms in total. The Hall–Kier alpha value is -5.52. The van der Waals surface area contributed by atoms with Gasteiger partial charge in [0.05, 0.1) is 40.5 Å². The highest BCUT2D eigenvalue weighted by Crippen LogP contribution is 2.21. The second-order valence-corrected chi connectivity index (χ2v) is 15.3. The lowest BCUT2D eigenvalue weighted by molar-refractivity contribution is -0.118. The zero-order chi connectivity index (χ0) is 43.6. The predicted molar refractivity (Wildman–Crippen MR) is 254 cm³/mol. The quantitative estimate of drug-likeness (QED) is 0.0673. The van der Waals surface area contributed by atoms with E-state index in [4.69, 9.17) is 52.0 Å². The Labute approximate surface area is 381 Å². The molecule has 13 heteroatoms. The van der Waals surface area contributed by atoms with Crippen molar-refractivity contribution in [3.05, 3.63) is 187 Å². The number of aryl methyl sites for hydroxylation is 5. The summed E-state index contributed by atoms with van der Waals surface area (Å²) in [5.74, 6) is -0.0251. The largest absolute Gasteiger partial charge is 0.369 e. The summed E-state index contributed by atoms with van der Waals surface area (Å²) in [4.78, 5) is 50.8. The molecule has 0 saturated carbocycles. The fraction of sp³-hybridized carbons (Fsp3) is 0.286. The van der Waals surface area contributed by atoms with Crippen molar-refractivity contribution in [3.8, 4) is 0 Å². The summed E-state index contributed by atoms with van der Waals surface area (Å²) in [6.45, 7) is 5.71. The molecule has 1 unspecified atom stereocenters. The van der Waals surface area contributed by atoms with Gasteiger partial charge in [-0.1, -0.05) is 136 Å². The van der Waals surface area contributed by atoms with Gasteiger partial charge in [0.1, 0.15) is 5.82 Å². The van der Waals surface area contributed by atoms with Gasteiger partial charge in [0.25, 0.3) is 0 Å². The summed E-state index contributed by atoms with van der Waals surface area (Å²) in [6, 6.07) is 31.5. The molecule has 62 heavy (non-hydrogen) atoms. The first-order valence-corrected chi connectivity index (χ1v) is 20.7. The molecule has 0 fully saturated rings. The molecule has 0 aliphatic rings. The lowest BCUT2D eigenvalue weighted by Crippen LogP contribution is -2.15. The number of amides is 2. The summed E-state index contributed by atoms with van der Waals surface area (Å²) in [6.07, 6.45) is 7.79. The zero-order valence-electron chi connectivity index (χ0n) is 34.0. The number of nitrogens with two attached hydrogens (primary N) is 3. The standard InChI is InChI=1S/C23H22ClN3O2.C14H13Cl2N3O.C10H15N.2CH4/c1-15(28)18-8-4-5-16(11-18)12-23-26-14-20(24)21(27-23)10-9-17-6-2-3-7-19(17)13-22(25)29;15-11-8-18-14(16)19-12(11)6-5-9-3-1-2-4-10(9)7-13(17)20;1-3-9-5-4-6-10(7-9)8(2)11;;/h2-8,11,14H,9-10,12-13H2,1H3,(H2,25,29);1-4,8H,5-7H2,(H2,17,20);4-8H,3,11H2,1-2H3;2*1H4. The molecule has 0 aliphatic heterocycles. The van der Waals surface area contributed by atoms with Gasteiger partial charge in [-0.15, -0.1) is 0 Å². The Kier molecular flexibility index (Phi) is 22.7. The average Bonchev–Trinajstić information content (AvgIpc) is 3.22. The molecular formula is C49H58Cl3N7O3. The van der Waals surface area contributed by atoms with Crippen molar-refractivity contribution in [2.75, 3.05) is 0 Å². The lowest BCUT2D eigenvalue weighted by atomic mass is 9.99. The van der Waals surface area contributed by atoms with Crippen LogP contribution in [0.4, 0.5) is 0 Å². The predicted octanol–water partition coefficient (Wildman–Crippen LogP) is 9.87. The molecule has 6 rings (SSSR count). The molecule has 4 aromatic carbocycles. The third-order valence-electron chi connectivity index (χ3n) is 9.46. The Bertz CT molecular complexity index is 2390. The van der Waals surface area contributed by atoms with Crippen molar-refractivity contribution in [3.63, 3.8) is 0 Å². The van der Waals surface area contributed by atoms with Crippen LogP contribution in [0.5, 0.6) is 0 Å². The van der Waals surface area contributed by atoms with Crippen LogP contribution in [-0.4, -0.2) is 37.5 Å². The normalized spacial score (nSPS) is 10.7. The summed E-state index contributed by atoms with van der Waals surface area (Å²) in [7, 11) is 0. The molecule has 2 heterocycles. The van der Waals surface area contributed by atoms with E-state index in [2.05, 4.69) is 51.1 Å². The van der Waals surface area contributed by atoms with Crippen molar-refractivity contribution in [1.29, 1.82) is 0 Å². The number of carbonyl (C=O) groups excluding carboxylic acids is 3. The Morgan fingerprint density at radius 2 is 1.13 bits per heavy atom. The summed E-state index contributed by atoms with van der Waals surface area (Å²) in [5.41, 5.74) is 26.0. The van der Waals surface area contributed by atoms with Gasteiger partial charge < -0.3 is 17.2 Å². The first-order chi connectivity index (χ1) is 28.7. The summed E-state index contributed by atoms with van der Waals surface area (Å²) >= 11 is 18.1. The van der Waals surface area contributed by atoms with Crippen LogP contribution >= 0.6 is 34.8 Å². The van der Waals surface area contributed by atoms with E-state index in [0.717, 1.165) is 39.9 Å². The lowest BCUT2D eigenvalue weighted by Gasteiger charge is -2.10. The van der Waals surface area contributed by atoms with E-state index in [9.17, 15) is 14.4 Å². The molecule has 328 valence electrons. The maximum absolute atomic E-state index is 11.6. The number of carbonyl (C=O) groups is 3. The van der Waals surface area contributed by atoms with Crippen LogP contribution in [0.2, 0.25) is 15.3 Å². The topological polar surface area (TPSA) is 181 Å². The van der Waals surface area contributed by atoms with Gasteiger partial charge in [-0.25, -0.2) is 19.9 Å². The van der Waals surface area contributed by atoms with Gasteiger partial charge in [-0.3, -0.25) is 14.4 Å². The number of halogens is 3. The third-order valence-corrected chi connectivity index (χ3v) is 10.3. The van der Waals surface area contributed by atoms with Crippen LogP contribution < -0.4 is 17.2 Å². The van der Waals surface area contributed by atoms with E-state index in [1.165, 1.54) is 17.3 Å². The number of Topliss-reactive ketones (excluding diaryl/α,β-unsaturated/α-hetero) is 1. The molecule has 0 saturated heterocycles. The van der Waals surface area contributed by atoms with Crippen molar-refractivity contribution in [2.45, 2.75) is 93.0 Å². The van der Waals surface area contributed by atoms with E-state index in [0.29, 0.717) is 59.2 Å². The number of benzene rings is 4. The zero-order valence-corrected chi connectivity index (χ0v) is 36.3. The third kappa shape index (κ3) is 17.5. The van der Waals surface area contributed by atoms with Crippen LogP contribution in [0.3, 0.4) is 0 Å². The molecule has 2 amide bonds. The summed E-state index contributed by atoms with van der Waals surface area (Å²) in [5, 5.41) is 1.18. The highest BCUT2D eigenvalue weighted by Gasteiger charge is 2.12. The van der Waals surface area contributed by atoms with Crippen molar-refractivity contribution in [2.24, 2.45) is 17.2 Å². The van der Waals surface area contributed by atoms with Crippen LogP contribution in [0.15, 0.2) is 109 Å². The first kappa shape index (κ1) is 52.6. The monoisotopic (exact) mass is 897 g/mol. The number of ketones is 1. The van der Waals surface area contributed by atoms with E-state index >= 15 is 0 Å². The van der Waals surface area contributed by atoms with Gasteiger partial charge in [-0.05, 0) is 103 Å². The number of rotatable bonds is 15. The maximum atomic E-state index is 11.6. The summed E-state index contributed by atoms with van der Waals surface area (Å²) < 4.78 is 0. The number of primary amides is 2. The maximum Gasteiger partial charge on any atom is 0.222 e. The fourth-order valence-corrected chi connectivity index (χ4v) is 6.79. The smallest absolute Gasteiger partial charge is 0.222 e. The van der Waals surface area contributed by atoms with Crippen LogP contribution in [0, 0.1) is 0 Å². The average molecular weight is 899 g/mol. The van der Waals surface area contributed by atoms with Gasteiger partial charge in [0.2, 0.25) is 17.1 Å². The molecule has 0 bridgehead atoms. The van der Waals surface area contributed by atoms with Gasteiger partial charge in [0.15, 0.2) is 5.78 Å². The number of aromatic nitrogens is 4. The molecule has 0 aliphatic carbocycles. The molecule has 1 atom stereocenters. The Balaban J connectivity index is 0.000000348. The fourth-order valence-electron chi connectivity index (χ4n) is 6.27.